The van der Waals surface area contributed by atoms with Crippen molar-refractivity contribution in [3.8, 4) is 0 Å². The molecule has 7 nitrogen and oxygen atoms in total. The number of amides is 1. The monoisotopic (exact) mass is 394 g/mol. The zero-order valence-corrected chi connectivity index (χ0v) is 16.7. The van der Waals surface area contributed by atoms with Gasteiger partial charge in [-0.1, -0.05) is 36.5 Å². The highest BCUT2D eigenvalue weighted by atomic mass is 32.1. The zero-order valence-electron chi connectivity index (χ0n) is 15.9. The Morgan fingerprint density at radius 1 is 1.25 bits per heavy atom. The Kier molecular flexibility index (Phi) is 5.29. The highest BCUT2D eigenvalue weighted by Crippen LogP contribution is 2.28. The second kappa shape index (κ2) is 8.02. The predicted octanol–water partition coefficient (Wildman–Crippen LogP) is 3.57. The van der Waals surface area contributed by atoms with Gasteiger partial charge in [0, 0.05) is 36.3 Å². The van der Waals surface area contributed by atoms with Crippen molar-refractivity contribution in [3.63, 3.8) is 0 Å². The molecular weight excluding hydrogens is 372 g/mol. The van der Waals surface area contributed by atoms with E-state index < -0.39 is 0 Å². The number of rotatable bonds is 5. The number of aromatic nitrogens is 4. The van der Waals surface area contributed by atoms with Gasteiger partial charge in [0.1, 0.15) is 16.6 Å². The van der Waals surface area contributed by atoms with Gasteiger partial charge in [-0.2, -0.15) is 0 Å². The van der Waals surface area contributed by atoms with Gasteiger partial charge in [0.2, 0.25) is 5.13 Å². The molecule has 4 rings (SSSR count). The Hall–Kier alpha value is -2.87. The van der Waals surface area contributed by atoms with Crippen LogP contribution in [0.15, 0.2) is 36.4 Å². The van der Waals surface area contributed by atoms with Gasteiger partial charge >= 0.3 is 0 Å². The maximum absolute atomic E-state index is 12.7. The number of nitrogens with one attached hydrogen (secondary N) is 1. The van der Waals surface area contributed by atoms with E-state index in [1.54, 1.807) is 0 Å². The Bertz CT molecular complexity index is 974. The summed E-state index contributed by atoms with van der Waals surface area (Å²) in [5.74, 6) is 1.68. The lowest BCUT2D eigenvalue weighted by atomic mass is 10.1. The van der Waals surface area contributed by atoms with Crippen molar-refractivity contribution in [2.75, 3.05) is 18.4 Å². The molecule has 0 aliphatic carbocycles. The topological polar surface area (TPSA) is 83.9 Å². The third-order valence-electron chi connectivity index (χ3n) is 4.74. The van der Waals surface area contributed by atoms with Crippen LogP contribution < -0.4 is 5.32 Å². The summed E-state index contributed by atoms with van der Waals surface area (Å²) in [4.78, 5) is 23.9. The van der Waals surface area contributed by atoms with E-state index in [1.165, 1.54) is 11.3 Å². The molecule has 8 heteroatoms. The van der Waals surface area contributed by atoms with E-state index >= 15 is 0 Å². The molecule has 1 N–H and O–H groups in total. The lowest BCUT2D eigenvalue weighted by Crippen LogP contribution is -2.28. The molecule has 1 aliphatic heterocycles. The minimum Gasteiger partial charge on any atom is -0.338 e. The second-order valence-corrected chi connectivity index (χ2v) is 7.90. The van der Waals surface area contributed by atoms with E-state index in [-0.39, 0.29) is 11.8 Å². The first-order valence-electron chi connectivity index (χ1n) is 9.41. The smallest absolute Gasteiger partial charge is 0.253 e. The van der Waals surface area contributed by atoms with Crippen LogP contribution in [0.4, 0.5) is 10.9 Å². The van der Waals surface area contributed by atoms with Crippen LogP contribution in [0.5, 0.6) is 0 Å². The van der Waals surface area contributed by atoms with Gasteiger partial charge in [-0.3, -0.25) is 4.79 Å². The molecular formula is C20H22N6OS. The maximum atomic E-state index is 12.7. The van der Waals surface area contributed by atoms with Gasteiger partial charge in [0.05, 0.1) is 0 Å². The molecule has 1 aromatic carbocycles. The fraction of sp³-hybridized carbons (Fsp3) is 0.350. The minimum atomic E-state index is 0.0649. The number of likely N-dealkylation sites (tertiary alicyclic amines) is 1. The molecule has 0 bridgehead atoms. The zero-order chi connectivity index (χ0) is 19.5. The second-order valence-electron chi connectivity index (χ2n) is 6.84. The van der Waals surface area contributed by atoms with E-state index in [2.05, 4.69) is 27.4 Å². The quantitative estimate of drug-likeness (QED) is 0.712. The number of carbonyl (C=O) groups is 1. The van der Waals surface area contributed by atoms with E-state index in [4.69, 9.17) is 4.98 Å². The van der Waals surface area contributed by atoms with Crippen LogP contribution in [0.1, 0.15) is 46.1 Å². The summed E-state index contributed by atoms with van der Waals surface area (Å²) < 4.78 is 0. The first-order valence-corrected chi connectivity index (χ1v) is 10.2. The van der Waals surface area contributed by atoms with Crippen molar-refractivity contribution < 1.29 is 4.79 Å². The first-order chi connectivity index (χ1) is 13.6. The number of hydrogen-bond donors (Lipinski definition) is 1. The van der Waals surface area contributed by atoms with Crippen LogP contribution in [0, 0.1) is 6.92 Å². The van der Waals surface area contributed by atoms with Gasteiger partial charge in [0.15, 0.2) is 0 Å². The van der Waals surface area contributed by atoms with Crippen molar-refractivity contribution in [1.29, 1.82) is 0 Å². The van der Waals surface area contributed by atoms with Gasteiger partial charge in [-0.05, 0) is 31.9 Å². The predicted molar refractivity (Wildman–Crippen MR) is 109 cm³/mol. The minimum absolute atomic E-state index is 0.0649. The molecule has 0 radical (unpaired) electrons. The number of hydrogen-bond acceptors (Lipinski definition) is 7. The number of nitrogens with zero attached hydrogens (tertiary/aromatic N) is 5. The molecule has 144 valence electrons. The van der Waals surface area contributed by atoms with E-state index in [0.717, 1.165) is 40.1 Å². The van der Waals surface area contributed by atoms with Gasteiger partial charge < -0.3 is 10.2 Å². The molecule has 0 saturated carbocycles. The lowest BCUT2D eigenvalue weighted by molar-refractivity contribution is 0.0790. The molecule has 1 saturated heterocycles. The molecule has 0 spiro atoms. The third kappa shape index (κ3) is 4.01. The molecule has 2 aromatic heterocycles. The lowest BCUT2D eigenvalue weighted by Gasteiger charge is -2.16. The summed E-state index contributed by atoms with van der Waals surface area (Å²) in [6, 6.07) is 11.3. The third-order valence-corrected chi connectivity index (χ3v) is 5.72. The van der Waals surface area contributed by atoms with Crippen LogP contribution in [0.2, 0.25) is 0 Å². The number of anilines is 2. The van der Waals surface area contributed by atoms with Crippen LogP contribution in [0.25, 0.3) is 0 Å². The summed E-state index contributed by atoms with van der Waals surface area (Å²) in [6.07, 6.45) is 1.72. The normalized spacial score (nSPS) is 16.4. The van der Waals surface area contributed by atoms with Crippen LogP contribution >= 0.6 is 11.3 Å². The summed E-state index contributed by atoms with van der Waals surface area (Å²) in [5.41, 5.74) is 1.61. The Labute approximate surface area is 167 Å². The Balaban J connectivity index is 1.48. The van der Waals surface area contributed by atoms with Crippen LogP contribution in [-0.4, -0.2) is 44.1 Å². The molecule has 1 fully saturated rings. The highest BCUT2D eigenvalue weighted by molar-refractivity contribution is 7.15. The first kappa shape index (κ1) is 18.5. The van der Waals surface area contributed by atoms with Gasteiger partial charge in [0.25, 0.3) is 5.91 Å². The summed E-state index contributed by atoms with van der Waals surface area (Å²) in [5, 5.41) is 13.2. The van der Waals surface area contributed by atoms with E-state index in [9.17, 15) is 4.79 Å². The van der Waals surface area contributed by atoms with Crippen molar-refractivity contribution in [3.05, 3.63) is 58.5 Å². The molecule has 3 aromatic rings. The largest absolute Gasteiger partial charge is 0.338 e. The Morgan fingerprint density at radius 3 is 2.82 bits per heavy atom. The van der Waals surface area contributed by atoms with Crippen molar-refractivity contribution in [1.82, 2.24) is 25.1 Å². The molecule has 28 heavy (non-hydrogen) atoms. The fourth-order valence-corrected chi connectivity index (χ4v) is 4.00. The molecule has 3 heterocycles. The van der Waals surface area contributed by atoms with Crippen molar-refractivity contribution >= 4 is 28.2 Å². The van der Waals surface area contributed by atoms with Gasteiger partial charge in [-0.25, -0.2) is 9.97 Å². The molecule has 1 atom stereocenters. The molecule has 1 unspecified atom stereocenters. The van der Waals surface area contributed by atoms with Gasteiger partial charge in [-0.15, -0.1) is 10.2 Å². The van der Waals surface area contributed by atoms with Crippen LogP contribution in [0.3, 0.4) is 0 Å². The van der Waals surface area contributed by atoms with Crippen LogP contribution in [-0.2, 0) is 6.42 Å². The molecule has 1 aliphatic rings. The maximum Gasteiger partial charge on any atom is 0.253 e. The number of carbonyl (C=O) groups excluding carboxylic acids is 1. The van der Waals surface area contributed by atoms with E-state index in [1.807, 2.05) is 48.2 Å². The summed E-state index contributed by atoms with van der Waals surface area (Å²) in [7, 11) is 0. The van der Waals surface area contributed by atoms with Crippen molar-refractivity contribution in [2.45, 2.75) is 32.6 Å². The number of aryl methyl sites for hydroxylation is 2. The highest BCUT2D eigenvalue weighted by Gasteiger charge is 2.30. The Morgan fingerprint density at radius 2 is 2.07 bits per heavy atom. The van der Waals surface area contributed by atoms with E-state index in [0.29, 0.717) is 18.9 Å². The average molecular weight is 395 g/mol. The standard InChI is InChI=1S/C20H22N6OS/c1-3-17-24-25-20(28-17)23-16-11-13(2)21-18(22-16)15-9-10-26(12-15)19(27)14-7-5-4-6-8-14/h4-8,11,15H,3,9-10,12H2,1-2H3,(H,21,22,23,25). The SMILES string of the molecule is CCc1nnc(Nc2cc(C)nc(C3CCN(C(=O)c4ccccc4)C3)n2)s1. The fourth-order valence-electron chi connectivity index (χ4n) is 3.31. The average Bonchev–Trinajstić information content (AvgIpc) is 3.37. The van der Waals surface area contributed by atoms with Crippen molar-refractivity contribution in [2.24, 2.45) is 0 Å². The molecule has 1 amide bonds. The number of benzene rings is 1. The summed E-state index contributed by atoms with van der Waals surface area (Å²) >= 11 is 1.53. The summed E-state index contributed by atoms with van der Waals surface area (Å²) in [6.45, 7) is 5.36.